The van der Waals surface area contributed by atoms with Crippen LogP contribution in [0.15, 0.2) is 330 Å². The molecule has 8 aromatic heterocycles. The van der Waals surface area contributed by atoms with Gasteiger partial charge in [0.25, 0.3) is 0 Å². The highest BCUT2D eigenvalue weighted by molar-refractivity contribution is 6.62. The molecule has 0 atom stereocenters. The SMILES string of the molecule is CC1(C)OB(c2ccc3c(c2)oc2ccc(-c4cccc5c4oc4ccccc45)cc23)OC1(C)C.Clc1nc(-c2ccccc2)nc(-c2cccc3c2oc2ccccc23)n1.c1ccc(-c2nc(-c3ccc4c(c3)oc3ccc(-c5cccc6c5oc5ccccc56)cc34)nc(-c3cccc4c3oc3ccccc34)n2)cc1. The van der Waals surface area contributed by atoms with Crippen molar-refractivity contribution >= 4 is 156 Å². The lowest BCUT2D eigenvalue weighted by molar-refractivity contribution is 0.00578. The number of para-hydroxylation sites is 8. The Kier molecular flexibility index (Phi) is 15.5. The second kappa shape index (κ2) is 26.2. The number of fused-ring (bicyclic) bond motifs is 18. The van der Waals surface area contributed by atoms with E-state index in [4.69, 9.17) is 62.4 Å². The molecule has 534 valence electrons. The maximum atomic E-state index is 6.45. The first-order valence-electron chi connectivity index (χ1n) is 37.0. The van der Waals surface area contributed by atoms with Crippen LogP contribution in [0, 0.1) is 0 Å². The van der Waals surface area contributed by atoms with Crippen LogP contribution in [-0.4, -0.2) is 48.2 Å². The molecule has 0 aliphatic carbocycles. The van der Waals surface area contributed by atoms with Gasteiger partial charge in [-0.1, -0.05) is 224 Å². The second-order valence-electron chi connectivity index (χ2n) is 29.1. The van der Waals surface area contributed by atoms with Gasteiger partial charge in [-0.15, -0.1) is 0 Å². The molecule has 0 spiro atoms. The largest absolute Gasteiger partial charge is 0.494 e. The Morgan fingerprint density at radius 1 is 0.232 bits per heavy atom. The van der Waals surface area contributed by atoms with Gasteiger partial charge in [-0.25, -0.2) is 19.9 Å². The maximum Gasteiger partial charge on any atom is 0.494 e. The predicted molar refractivity (Wildman–Crippen MR) is 449 cm³/mol. The van der Waals surface area contributed by atoms with Crippen molar-refractivity contribution in [2.45, 2.75) is 38.9 Å². The summed E-state index contributed by atoms with van der Waals surface area (Å²) in [7, 11) is -0.418. The van der Waals surface area contributed by atoms with Gasteiger partial charge in [-0.3, -0.25) is 0 Å². The van der Waals surface area contributed by atoms with E-state index >= 15 is 0 Å². The molecule has 1 fully saturated rings. The van der Waals surface area contributed by atoms with Crippen LogP contribution in [-0.2, 0) is 9.31 Å². The van der Waals surface area contributed by atoms with Gasteiger partial charge in [0.1, 0.15) is 67.0 Å². The molecule has 0 amide bonds. The summed E-state index contributed by atoms with van der Waals surface area (Å²) in [5.41, 5.74) is 18.6. The van der Waals surface area contributed by atoms with E-state index in [0.717, 1.165) is 187 Å². The minimum Gasteiger partial charge on any atom is -0.456 e. The van der Waals surface area contributed by atoms with Crippen molar-refractivity contribution in [3.05, 3.63) is 309 Å². The van der Waals surface area contributed by atoms with E-state index in [-0.39, 0.29) is 16.5 Å². The maximum absolute atomic E-state index is 6.45. The highest BCUT2D eigenvalue weighted by Crippen LogP contribution is 2.45. The summed E-state index contributed by atoms with van der Waals surface area (Å²) >= 11 is 6.19. The standard InChI is InChI=1S/C45H25N3O3.C30H25BO4.C21H12ClN3O/c1-2-10-26(11-3-1)43-46-44(48-45(47-43)35-17-9-16-34-31-13-5-7-19-38(31)51-42(34)35)28-20-22-32-36-24-27(21-23-39(36)49-40(32)25-28)29-14-8-15-33-30-12-4-6-18-37(30)50-41(29)33;1-29(2)30(3,4)35-31(34-29)19-13-14-22-24-16-18(12-15-26(24)32-27(22)17-19)20-9-7-10-23-21-8-5-6-11-25(21)33-28(20)23;22-21-24-19(13-7-2-1-3-8-13)23-20(25-21)16-11-6-10-15-14-9-4-5-12-17(14)26-18(15)16/h1-25H;5-17H,1-4H3;1-12H. The summed E-state index contributed by atoms with van der Waals surface area (Å²) in [5.74, 6) is 2.70. The zero-order valence-electron chi connectivity index (χ0n) is 60.8. The van der Waals surface area contributed by atoms with E-state index in [1.165, 1.54) is 0 Å². The summed E-state index contributed by atoms with van der Waals surface area (Å²) in [5, 5.41) is 13.0. The van der Waals surface area contributed by atoms with Gasteiger partial charge in [0, 0.05) is 92.5 Å². The third kappa shape index (κ3) is 11.3. The lowest BCUT2D eigenvalue weighted by Crippen LogP contribution is -2.41. The number of furan rings is 6. The molecule has 0 unspecified atom stereocenters. The molecule has 9 heterocycles. The van der Waals surface area contributed by atoms with Gasteiger partial charge < -0.3 is 35.8 Å². The Morgan fingerprint density at radius 2 is 0.554 bits per heavy atom. The monoisotopic (exact) mass is 1470 g/mol. The molecule has 1 saturated heterocycles. The third-order valence-electron chi connectivity index (χ3n) is 21.8. The van der Waals surface area contributed by atoms with E-state index in [9.17, 15) is 0 Å². The Balaban J connectivity index is 0.000000113. The lowest BCUT2D eigenvalue weighted by atomic mass is 9.79. The minimum atomic E-state index is -0.418. The molecule has 14 aromatic carbocycles. The first-order chi connectivity index (χ1) is 54.8. The van der Waals surface area contributed by atoms with Gasteiger partial charge in [-0.2, -0.15) is 9.97 Å². The number of aromatic nitrogens is 6. The van der Waals surface area contributed by atoms with E-state index in [1.54, 1.807) is 0 Å². The van der Waals surface area contributed by atoms with Crippen LogP contribution in [0.25, 0.3) is 211 Å². The quantitative estimate of drug-likeness (QED) is 0.131. The molecule has 0 radical (unpaired) electrons. The van der Waals surface area contributed by atoms with Crippen molar-refractivity contribution in [1.82, 2.24) is 29.9 Å². The van der Waals surface area contributed by atoms with Crippen molar-refractivity contribution in [3.63, 3.8) is 0 Å². The van der Waals surface area contributed by atoms with E-state index < -0.39 is 7.12 Å². The fourth-order valence-corrected chi connectivity index (χ4v) is 15.7. The fourth-order valence-electron chi connectivity index (χ4n) is 15.5. The van der Waals surface area contributed by atoms with Gasteiger partial charge in [0.2, 0.25) is 5.28 Å². The van der Waals surface area contributed by atoms with Crippen molar-refractivity contribution in [1.29, 1.82) is 0 Å². The van der Waals surface area contributed by atoms with Crippen LogP contribution in [0.4, 0.5) is 0 Å². The van der Waals surface area contributed by atoms with E-state index in [0.29, 0.717) is 29.1 Å². The molecule has 0 saturated carbocycles. The normalized spacial score (nSPS) is 13.5. The average Bonchev–Trinajstić information content (AvgIpc) is 1.54. The zero-order chi connectivity index (χ0) is 74.9. The van der Waals surface area contributed by atoms with Gasteiger partial charge in [0.05, 0.1) is 22.3 Å². The third-order valence-corrected chi connectivity index (χ3v) is 21.9. The highest BCUT2D eigenvalue weighted by Gasteiger charge is 2.52. The number of benzene rings is 14. The number of halogens is 1. The van der Waals surface area contributed by atoms with Crippen molar-refractivity contribution in [3.8, 4) is 79.2 Å². The predicted octanol–water partition coefficient (Wildman–Crippen LogP) is 25.4. The summed E-state index contributed by atoms with van der Waals surface area (Å²) in [6.45, 7) is 8.27. The molecule has 14 nitrogen and oxygen atoms in total. The van der Waals surface area contributed by atoms with Crippen LogP contribution in [0.2, 0.25) is 5.28 Å². The molecule has 112 heavy (non-hydrogen) atoms. The lowest BCUT2D eigenvalue weighted by Gasteiger charge is -2.32. The smallest absolute Gasteiger partial charge is 0.456 e. The minimum absolute atomic E-state index is 0.155. The number of hydrogen-bond donors (Lipinski definition) is 0. The molecular formula is C96H62BClN6O8. The fraction of sp³-hybridized carbons (Fsp3) is 0.0625. The van der Waals surface area contributed by atoms with E-state index in [2.05, 4.69) is 152 Å². The Morgan fingerprint density at radius 3 is 1.01 bits per heavy atom. The zero-order valence-corrected chi connectivity index (χ0v) is 61.5. The van der Waals surface area contributed by atoms with Crippen LogP contribution in [0.3, 0.4) is 0 Å². The Bertz CT molecular complexity index is 7510. The number of hydrogen-bond acceptors (Lipinski definition) is 14. The molecule has 16 heteroatoms. The summed E-state index contributed by atoms with van der Waals surface area (Å²) in [4.78, 5) is 28.2. The Labute approximate surface area is 644 Å². The van der Waals surface area contributed by atoms with Gasteiger partial charge >= 0.3 is 7.12 Å². The topological polar surface area (TPSA) is 175 Å². The molecule has 0 N–H and O–H groups in total. The molecule has 1 aliphatic rings. The average molecular weight is 1470 g/mol. The van der Waals surface area contributed by atoms with Crippen LogP contribution < -0.4 is 5.46 Å². The molecule has 1 aliphatic heterocycles. The molecular weight excluding hydrogens is 1410 g/mol. The first kappa shape index (κ1) is 66.4. The van der Waals surface area contributed by atoms with Crippen molar-refractivity contribution < 1.29 is 35.8 Å². The van der Waals surface area contributed by atoms with Crippen LogP contribution in [0.1, 0.15) is 27.7 Å². The number of nitrogens with zero attached hydrogens (tertiary/aromatic N) is 6. The highest BCUT2D eigenvalue weighted by atomic mass is 35.5. The van der Waals surface area contributed by atoms with Gasteiger partial charge in [0.15, 0.2) is 29.1 Å². The van der Waals surface area contributed by atoms with Gasteiger partial charge in [-0.05, 0) is 135 Å². The molecule has 0 bridgehead atoms. The van der Waals surface area contributed by atoms with Crippen molar-refractivity contribution in [2.75, 3.05) is 0 Å². The summed E-state index contributed by atoms with van der Waals surface area (Å²) < 4.78 is 50.3. The Hall–Kier alpha value is -13.8. The van der Waals surface area contributed by atoms with Crippen LogP contribution in [0.5, 0.6) is 0 Å². The van der Waals surface area contributed by atoms with E-state index in [1.807, 2.05) is 194 Å². The summed E-state index contributed by atoms with van der Waals surface area (Å²) in [6, 6.07) is 102. The summed E-state index contributed by atoms with van der Waals surface area (Å²) in [6.07, 6.45) is 0. The second-order valence-corrected chi connectivity index (χ2v) is 29.4. The molecule has 22 aromatic rings. The van der Waals surface area contributed by atoms with Crippen LogP contribution >= 0.6 is 11.6 Å². The molecule has 23 rings (SSSR count). The first-order valence-corrected chi connectivity index (χ1v) is 37.4. The number of rotatable bonds is 8. The van der Waals surface area contributed by atoms with Crippen molar-refractivity contribution in [2.24, 2.45) is 0 Å².